The molecule has 0 amide bonds. The van der Waals surface area contributed by atoms with Gasteiger partial charge in [-0.2, -0.15) is 0 Å². The van der Waals surface area contributed by atoms with Gasteiger partial charge < -0.3 is 0 Å². The Kier molecular flexibility index (Phi) is 7.25. The van der Waals surface area contributed by atoms with Gasteiger partial charge in [0.05, 0.1) is 17.0 Å². The van der Waals surface area contributed by atoms with E-state index in [0.29, 0.717) is 5.13 Å². The third-order valence-electron chi connectivity index (χ3n) is 5.79. The molecule has 0 bridgehead atoms. The number of aromatic nitrogens is 1. The van der Waals surface area contributed by atoms with E-state index in [0.717, 1.165) is 38.4 Å². The molecular formula is C24H30N4O2S2. The summed E-state index contributed by atoms with van der Waals surface area (Å²) in [5.74, 6) is 0. The molecule has 4 rings (SSSR count). The van der Waals surface area contributed by atoms with Gasteiger partial charge in [0.1, 0.15) is 0 Å². The fourth-order valence-electron chi connectivity index (χ4n) is 3.96. The van der Waals surface area contributed by atoms with Crippen molar-refractivity contribution in [2.75, 3.05) is 30.9 Å². The summed E-state index contributed by atoms with van der Waals surface area (Å²) in [5, 5.41) is 1.91. The number of anilines is 1. The number of piperazine rings is 1. The molecule has 0 radical (unpaired) electrons. The van der Waals surface area contributed by atoms with Gasteiger partial charge in [0.2, 0.25) is 10.0 Å². The standard InChI is InChI=1S/C24H30N4O2S2/c1-19(2)32(29,30)26-24-25-22(18-31-24)17-27-13-15-28(16-14-27)23(20-9-5-3-6-10-20)21-11-7-4-8-12-21/h3-12,18-19,23H,13-17H2,1-2H3,(H,25,26). The molecule has 170 valence electrons. The molecule has 0 unspecified atom stereocenters. The lowest BCUT2D eigenvalue weighted by molar-refractivity contribution is 0.104. The van der Waals surface area contributed by atoms with Crippen molar-refractivity contribution in [1.82, 2.24) is 14.8 Å². The van der Waals surface area contributed by atoms with Crippen LogP contribution in [0.25, 0.3) is 0 Å². The van der Waals surface area contributed by atoms with Gasteiger partial charge in [-0.25, -0.2) is 13.4 Å². The molecule has 0 atom stereocenters. The van der Waals surface area contributed by atoms with Gasteiger partial charge in [-0.15, -0.1) is 11.3 Å². The van der Waals surface area contributed by atoms with Gasteiger partial charge in [0.15, 0.2) is 5.13 Å². The van der Waals surface area contributed by atoms with E-state index < -0.39 is 15.3 Å². The van der Waals surface area contributed by atoms with Crippen LogP contribution in [0.5, 0.6) is 0 Å². The minimum Gasteiger partial charge on any atom is -0.295 e. The third kappa shape index (κ3) is 5.56. The van der Waals surface area contributed by atoms with E-state index in [9.17, 15) is 8.42 Å². The number of nitrogens with zero attached hydrogens (tertiary/aromatic N) is 3. The fraction of sp³-hybridized carbons (Fsp3) is 0.375. The Bertz CT molecular complexity index is 1050. The predicted octanol–water partition coefficient (Wildman–Crippen LogP) is 4.20. The Balaban J connectivity index is 1.39. The number of hydrogen-bond donors (Lipinski definition) is 1. The first-order chi connectivity index (χ1) is 15.4. The summed E-state index contributed by atoms with van der Waals surface area (Å²) >= 11 is 1.34. The first kappa shape index (κ1) is 22.9. The molecule has 1 fully saturated rings. The van der Waals surface area contributed by atoms with Crippen molar-refractivity contribution in [3.63, 3.8) is 0 Å². The van der Waals surface area contributed by atoms with E-state index in [-0.39, 0.29) is 6.04 Å². The van der Waals surface area contributed by atoms with Crippen molar-refractivity contribution in [2.24, 2.45) is 0 Å². The molecular weight excluding hydrogens is 440 g/mol. The van der Waals surface area contributed by atoms with Crippen molar-refractivity contribution < 1.29 is 8.42 Å². The predicted molar refractivity (Wildman–Crippen MR) is 131 cm³/mol. The van der Waals surface area contributed by atoms with E-state index in [4.69, 9.17) is 0 Å². The van der Waals surface area contributed by atoms with Gasteiger partial charge in [-0.05, 0) is 25.0 Å². The van der Waals surface area contributed by atoms with Crippen LogP contribution in [0.2, 0.25) is 0 Å². The lowest BCUT2D eigenvalue weighted by Gasteiger charge is -2.39. The monoisotopic (exact) mass is 470 g/mol. The average molecular weight is 471 g/mol. The Morgan fingerprint density at radius 1 is 0.938 bits per heavy atom. The van der Waals surface area contributed by atoms with Crippen LogP contribution in [0.1, 0.15) is 36.7 Å². The van der Waals surface area contributed by atoms with Crippen LogP contribution in [-0.2, 0) is 16.6 Å². The zero-order valence-corrected chi connectivity index (χ0v) is 20.1. The van der Waals surface area contributed by atoms with E-state index in [1.165, 1.54) is 22.5 Å². The number of thiazole rings is 1. The second kappa shape index (κ2) is 10.1. The highest BCUT2D eigenvalue weighted by atomic mass is 32.2. The van der Waals surface area contributed by atoms with Crippen LogP contribution in [0.4, 0.5) is 5.13 Å². The van der Waals surface area contributed by atoms with Gasteiger partial charge in [-0.3, -0.25) is 14.5 Å². The van der Waals surface area contributed by atoms with E-state index in [1.807, 2.05) is 5.38 Å². The van der Waals surface area contributed by atoms with Crippen LogP contribution in [-0.4, -0.2) is 54.6 Å². The molecule has 0 spiro atoms. The Morgan fingerprint density at radius 3 is 2.03 bits per heavy atom. The normalized spacial score (nSPS) is 16.0. The van der Waals surface area contributed by atoms with E-state index in [2.05, 4.69) is 80.2 Å². The summed E-state index contributed by atoms with van der Waals surface area (Å²) in [6.07, 6.45) is 0. The van der Waals surface area contributed by atoms with Gasteiger partial charge >= 0.3 is 0 Å². The molecule has 1 N–H and O–H groups in total. The van der Waals surface area contributed by atoms with Gasteiger partial charge in [-0.1, -0.05) is 60.7 Å². The zero-order valence-electron chi connectivity index (χ0n) is 18.5. The van der Waals surface area contributed by atoms with Gasteiger partial charge in [0, 0.05) is 38.1 Å². The minimum atomic E-state index is -3.36. The Hall–Kier alpha value is -2.26. The van der Waals surface area contributed by atoms with Crippen LogP contribution >= 0.6 is 11.3 Å². The van der Waals surface area contributed by atoms with Crippen LogP contribution in [0.15, 0.2) is 66.0 Å². The van der Waals surface area contributed by atoms with Crippen molar-refractivity contribution in [3.05, 3.63) is 82.9 Å². The molecule has 1 aliphatic heterocycles. The molecule has 1 saturated heterocycles. The molecule has 1 aromatic heterocycles. The van der Waals surface area contributed by atoms with Crippen molar-refractivity contribution in [3.8, 4) is 0 Å². The van der Waals surface area contributed by atoms with Crippen molar-refractivity contribution in [2.45, 2.75) is 31.7 Å². The maximum absolute atomic E-state index is 12.1. The highest BCUT2D eigenvalue weighted by molar-refractivity contribution is 7.93. The number of hydrogen-bond acceptors (Lipinski definition) is 6. The summed E-state index contributed by atoms with van der Waals surface area (Å²) < 4.78 is 26.7. The van der Waals surface area contributed by atoms with Crippen molar-refractivity contribution >= 4 is 26.5 Å². The first-order valence-corrected chi connectivity index (χ1v) is 13.4. The SMILES string of the molecule is CC(C)S(=O)(=O)Nc1nc(CN2CCN(C(c3ccccc3)c3ccccc3)CC2)cs1. The maximum atomic E-state index is 12.1. The summed E-state index contributed by atoms with van der Waals surface area (Å²) in [5.41, 5.74) is 3.54. The molecule has 0 aliphatic carbocycles. The number of sulfonamides is 1. The van der Waals surface area contributed by atoms with E-state index in [1.54, 1.807) is 13.8 Å². The van der Waals surface area contributed by atoms with Gasteiger partial charge in [0.25, 0.3) is 0 Å². The molecule has 8 heteroatoms. The molecule has 0 saturated carbocycles. The lowest BCUT2D eigenvalue weighted by Crippen LogP contribution is -2.47. The largest absolute Gasteiger partial charge is 0.295 e. The molecule has 2 aromatic carbocycles. The fourth-order valence-corrected chi connectivity index (χ4v) is 5.57. The molecule has 2 heterocycles. The third-order valence-corrected chi connectivity index (χ3v) is 8.44. The summed E-state index contributed by atoms with van der Waals surface area (Å²) in [6.45, 7) is 7.87. The quantitative estimate of drug-likeness (QED) is 0.535. The van der Waals surface area contributed by atoms with Crippen LogP contribution in [0.3, 0.4) is 0 Å². The van der Waals surface area contributed by atoms with Crippen LogP contribution < -0.4 is 4.72 Å². The van der Waals surface area contributed by atoms with E-state index >= 15 is 0 Å². The molecule has 1 aliphatic rings. The summed E-state index contributed by atoms with van der Waals surface area (Å²) in [6, 6.07) is 21.6. The highest BCUT2D eigenvalue weighted by Gasteiger charge is 2.26. The Morgan fingerprint density at radius 2 is 1.50 bits per heavy atom. The number of benzene rings is 2. The minimum absolute atomic E-state index is 0.246. The highest BCUT2D eigenvalue weighted by Crippen LogP contribution is 2.29. The molecule has 3 aromatic rings. The zero-order chi connectivity index (χ0) is 22.6. The molecule has 32 heavy (non-hydrogen) atoms. The lowest BCUT2D eigenvalue weighted by atomic mass is 9.96. The summed E-state index contributed by atoms with van der Waals surface area (Å²) in [7, 11) is -3.36. The maximum Gasteiger partial charge on any atom is 0.236 e. The van der Waals surface area contributed by atoms with Crippen molar-refractivity contribution in [1.29, 1.82) is 0 Å². The number of rotatable bonds is 8. The topological polar surface area (TPSA) is 65.5 Å². The smallest absolute Gasteiger partial charge is 0.236 e. The first-order valence-electron chi connectivity index (χ1n) is 10.9. The number of nitrogens with one attached hydrogen (secondary N) is 1. The second-order valence-electron chi connectivity index (χ2n) is 8.38. The molecule has 6 nitrogen and oxygen atoms in total. The average Bonchev–Trinajstić information content (AvgIpc) is 3.22. The Labute approximate surface area is 195 Å². The summed E-state index contributed by atoms with van der Waals surface area (Å²) in [4.78, 5) is 9.43. The van der Waals surface area contributed by atoms with Crippen LogP contribution in [0, 0.1) is 0 Å². The second-order valence-corrected chi connectivity index (χ2v) is 11.5.